The van der Waals surface area contributed by atoms with Crippen molar-refractivity contribution in [2.24, 2.45) is 11.1 Å². The van der Waals surface area contributed by atoms with E-state index in [1.807, 2.05) is 30.3 Å². The quantitative estimate of drug-likeness (QED) is 0.884. The molecule has 1 aromatic carbocycles. The molecule has 1 aromatic rings. The molecule has 0 heterocycles. The minimum atomic E-state index is -0.895. The van der Waals surface area contributed by atoms with Crippen LogP contribution in [-0.4, -0.2) is 25.0 Å². The smallest absolute Gasteiger partial charge is 0.131 e. The first-order chi connectivity index (χ1) is 8.77. The van der Waals surface area contributed by atoms with Crippen LogP contribution in [0, 0.1) is 16.7 Å². The van der Waals surface area contributed by atoms with E-state index in [-0.39, 0.29) is 5.41 Å². The monoisotopic (exact) mass is 259 g/mol. The van der Waals surface area contributed by atoms with Crippen LogP contribution >= 0.6 is 0 Å². The Morgan fingerprint density at radius 3 is 2.26 bits per heavy atom. The molecule has 1 rings (SSSR count). The third kappa shape index (κ3) is 5.02. The molecule has 0 aromatic heterocycles. The van der Waals surface area contributed by atoms with Crippen LogP contribution in [0.15, 0.2) is 30.3 Å². The van der Waals surface area contributed by atoms with Crippen LogP contribution < -0.4 is 5.73 Å². The third-order valence-corrected chi connectivity index (χ3v) is 3.12. The number of rotatable bonds is 5. The topological polar surface area (TPSA) is 53.0 Å². The van der Waals surface area contributed by atoms with E-state index in [0.717, 1.165) is 18.7 Å². The second-order valence-electron chi connectivity index (χ2n) is 6.50. The fraction of sp³-hybridized carbons (Fsp3) is 0.562. The molecule has 3 heteroatoms. The lowest BCUT2D eigenvalue weighted by Gasteiger charge is -2.29. The summed E-state index contributed by atoms with van der Waals surface area (Å²) in [5.74, 6) is 0. The van der Waals surface area contributed by atoms with Gasteiger partial charge in [-0.05, 0) is 24.4 Å². The minimum absolute atomic E-state index is 0.255. The molecule has 3 nitrogen and oxygen atoms in total. The maximum Gasteiger partial charge on any atom is 0.131 e. The molecule has 0 saturated carbocycles. The van der Waals surface area contributed by atoms with Crippen molar-refractivity contribution in [3.05, 3.63) is 35.9 Å². The highest BCUT2D eigenvalue weighted by atomic mass is 15.1. The maximum atomic E-state index is 9.39. The van der Waals surface area contributed by atoms with Crippen molar-refractivity contribution in [3.63, 3.8) is 0 Å². The highest BCUT2D eigenvalue weighted by Gasteiger charge is 2.27. The van der Waals surface area contributed by atoms with Crippen LogP contribution in [0.3, 0.4) is 0 Å². The first-order valence-corrected chi connectivity index (χ1v) is 6.71. The van der Waals surface area contributed by atoms with Gasteiger partial charge < -0.3 is 10.6 Å². The highest BCUT2D eigenvalue weighted by Crippen LogP contribution is 2.22. The van der Waals surface area contributed by atoms with Gasteiger partial charge in [0.05, 0.1) is 6.07 Å². The average Bonchev–Trinajstić information content (AvgIpc) is 2.35. The van der Waals surface area contributed by atoms with Crippen molar-refractivity contribution in [3.8, 4) is 6.07 Å². The SMILES string of the molecule is CN(CCC(N)(C#N)c1ccccc1)CC(C)(C)C. The van der Waals surface area contributed by atoms with Crippen molar-refractivity contribution in [2.45, 2.75) is 32.7 Å². The van der Waals surface area contributed by atoms with Gasteiger partial charge in [-0.15, -0.1) is 0 Å². The van der Waals surface area contributed by atoms with Crippen LogP contribution in [0.2, 0.25) is 0 Å². The molecule has 104 valence electrons. The molecular weight excluding hydrogens is 234 g/mol. The van der Waals surface area contributed by atoms with Crippen LogP contribution in [0.4, 0.5) is 0 Å². The van der Waals surface area contributed by atoms with Crippen LogP contribution in [0.25, 0.3) is 0 Å². The van der Waals surface area contributed by atoms with Gasteiger partial charge in [-0.25, -0.2) is 0 Å². The number of hydrogen-bond acceptors (Lipinski definition) is 3. The van der Waals surface area contributed by atoms with E-state index in [1.165, 1.54) is 0 Å². The first-order valence-electron chi connectivity index (χ1n) is 6.71. The van der Waals surface area contributed by atoms with Crippen LogP contribution in [0.1, 0.15) is 32.8 Å². The molecule has 0 saturated heterocycles. The number of nitriles is 1. The van der Waals surface area contributed by atoms with Gasteiger partial charge in [0.2, 0.25) is 0 Å². The van der Waals surface area contributed by atoms with Crippen molar-refractivity contribution < 1.29 is 0 Å². The lowest BCUT2D eigenvalue weighted by Crippen LogP contribution is -2.40. The Morgan fingerprint density at radius 1 is 1.21 bits per heavy atom. The molecule has 0 fully saturated rings. The standard InChI is InChI=1S/C16H25N3/c1-15(2,3)13-19(4)11-10-16(18,12-17)14-8-6-5-7-9-14/h5-9H,10-11,13,18H2,1-4H3. The van der Waals surface area contributed by atoms with Gasteiger partial charge in [0.15, 0.2) is 0 Å². The molecule has 2 N–H and O–H groups in total. The molecule has 1 unspecified atom stereocenters. The van der Waals surface area contributed by atoms with E-state index < -0.39 is 5.54 Å². The van der Waals surface area contributed by atoms with E-state index in [0.29, 0.717) is 6.42 Å². The molecule has 0 spiro atoms. The summed E-state index contributed by atoms with van der Waals surface area (Å²) in [6.45, 7) is 8.43. The zero-order chi connectivity index (χ0) is 14.5. The van der Waals surface area contributed by atoms with Gasteiger partial charge in [0, 0.05) is 13.1 Å². The molecule has 1 atom stereocenters. The van der Waals surface area contributed by atoms with E-state index >= 15 is 0 Å². The highest BCUT2D eigenvalue weighted by molar-refractivity contribution is 5.30. The molecule has 0 radical (unpaired) electrons. The summed E-state index contributed by atoms with van der Waals surface area (Å²) in [5, 5.41) is 9.39. The largest absolute Gasteiger partial charge is 0.310 e. The van der Waals surface area contributed by atoms with Crippen molar-refractivity contribution in [2.75, 3.05) is 20.1 Å². The number of nitrogens with two attached hydrogens (primary N) is 1. The molecule has 0 bridgehead atoms. The van der Waals surface area contributed by atoms with Crippen molar-refractivity contribution in [1.82, 2.24) is 4.90 Å². The summed E-state index contributed by atoms with van der Waals surface area (Å²) in [5.41, 5.74) is 6.49. The molecule has 0 aliphatic rings. The minimum Gasteiger partial charge on any atom is -0.310 e. The van der Waals surface area contributed by atoms with E-state index in [2.05, 4.69) is 38.8 Å². The zero-order valence-electron chi connectivity index (χ0n) is 12.5. The van der Waals surface area contributed by atoms with Crippen LogP contribution in [0.5, 0.6) is 0 Å². The molecule has 19 heavy (non-hydrogen) atoms. The number of nitrogens with zero attached hydrogens (tertiary/aromatic N) is 2. The summed E-state index contributed by atoms with van der Waals surface area (Å²) < 4.78 is 0. The Hall–Kier alpha value is -1.37. The molecular formula is C16H25N3. The lowest BCUT2D eigenvalue weighted by molar-refractivity contribution is 0.215. The van der Waals surface area contributed by atoms with E-state index in [9.17, 15) is 5.26 Å². The Bertz CT molecular complexity index is 428. The summed E-state index contributed by atoms with van der Waals surface area (Å²) in [6.07, 6.45) is 0.639. The number of hydrogen-bond donors (Lipinski definition) is 1. The van der Waals surface area contributed by atoms with Crippen molar-refractivity contribution in [1.29, 1.82) is 5.26 Å². The normalized spacial score (nSPS) is 15.0. The summed E-state index contributed by atoms with van der Waals surface area (Å²) >= 11 is 0. The maximum absolute atomic E-state index is 9.39. The Labute approximate surface area is 117 Å². The van der Waals surface area contributed by atoms with Gasteiger partial charge in [0.1, 0.15) is 5.54 Å². The Balaban J connectivity index is 2.66. The second-order valence-corrected chi connectivity index (χ2v) is 6.50. The second kappa shape index (κ2) is 6.18. The van der Waals surface area contributed by atoms with E-state index in [4.69, 9.17) is 5.73 Å². The predicted octanol–water partition coefficient (Wildman–Crippen LogP) is 2.73. The Kier molecular flexibility index (Phi) is 5.11. The van der Waals surface area contributed by atoms with Crippen LogP contribution in [-0.2, 0) is 5.54 Å². The molecule has 0 aliphatic heterocycles. The zero-order valence-corrected chi connectivity index (χ0v) is 12.5. The fourth-order valence-corrected chi connectivity index (χ4v) is 2.26. The summed E-state index contributed by atoms with van der Waals surface area (Å²) in [4.78, 5) is 2.24. The van der Waals surface area contributed by atoms with Gasteiger partial charge in [-0.2, -0.15) is 5.26 Å². The first kappa shape index (κ1) is 15.7. The van der Waals surface area contributed by atoms with Gasteiger partial charge in [-0.3, -0.25) is 0 Å². The Morgan fingerprint density at radius 2 is 1.79 bits per heavy atom. The molecule has 0 amide bonds. The molecule has 0 aliphatic carbocycles. The fourth-order valence-electron chi connectivity index (χ4n) is 2.26. The van der Waals surface area contributed by atoms with Gasteiger partial charge >= 0.3 is 0 Å². The summed E-state index contributed by atoms with van der Waals surface area (Å²) in [7, 11) is 2.08. The van der Waals surface area contributed by atoms with Gasteiger partial charge in [0.25, 0.3) is 0 Å². The number of benzene rings is 1. The predicted molar refractivity (Wildman–Crippen MR) is 79.5 cm³/mol. The lowest BCUT2D eigenvalue weighted by atomic mass is 9.88. The van der Waals surface area contributed by atoms with E-state index in [1.54, 1.807) is 0 Å². The van der Waals surface area contributed by atoms with Gasteiger partial charge in [-0.1, -0.05) is 51.1 Å². The summed E-state index contributed by atoms with van der Waals surface area (Å²) in [6, 6.07) is 11.9. The average molecular weight is 259 g/mol. The third-order valence-electron chi connectivity index (χ3n) is 3.12. The van der Waals surface area contributed by atoms with Crippen molar-refractivity contribution >= 4 is 0 Å².